The predicted octanol–water partition coefficient (Wildman–Crippen LogP) is 1.82. The van der Waals surface area contributed by atoms with Crippen LogP contribution in [0.15, 0.2) is 48.8 Å². The topological polar surface area (TPSA) is 93.5 Å². The molecule has 0 spiro atoms. The Bertz CT molecular complexity index is 923. The molecule has 2 aromatic heterocycles. The van der Waals surface area contributed by atoms with Gasteiger partial charge in [-0.3, -0.25) is 0 Å². The van der Waals surface area contributed by atoms with Crippen molar-refractivity contribution in [2.24, 2.45) is 0 Å². The van der Waals surface area contributed by atoms with Gasteiger partial charge in [0.15, 0.2) is 0 Å². The zero-order valence-electron chi connectivity index (χ0n) is 10.4. The number of hydrogen-bond acceptors (Lipinski definition) is 6. The summed E-state index contributed by atoms with van der Waals surface area (Å²) in [4.78, 5) is 27.1. The van der Waals surface area contributed by atoms with E-state index in [-0.39, 0.29) is 17.0 Å². The molecule has 0 aliphatic heterocycles. The molecule has 0 radical (unpaired) electrons. The van der Waals surface area contributed by atoms with Crippen molar-refractivity contribution >= 4 is 11.0 Å². The third-order valence-electron chi connectivity index (χ3n) is 2.91. The Balaban J connectivity index is 2.32. The van der Waals surface area contributed by atoms with Crippen molar-refractivity contribution < 1.29 is 13.9 Å². The molecule has 0 fully saturated rings. The van der Waals surface area contributed by atoms with E-state index < -0.39 is 17.1 Å². The van der Waals surface area contributed by atoms with E-state index in [0.29, 0.717) is 11.0 Å². The van der Waals surface area contributed by atoms with Crippen LogP contribution in [0, 0.1) is 6.92 Å². The first-order valence-electron chi connectivity index (χ1n) is 5.80. The van der Waals surface area contributed by atoms with Gasteiger partial charge in [-0.2, -0.15) is 4.98 Å². The van der Waals surface area contributed by atoms with E-state index >= 15 is 0 Å². The molecule has 20 heavy (non-hydrogen) atoms. The lowest BCUT2D eigenvalue weighted by molar-refractivity contribution is 0.413. The minimum atomic E-state index is -0.750. The van der Waals surface area contributed by atoms with Crippen molar-refractivity contribution in [3.05, 3.63) is 56.7 Å². The second-order valence-corrected chi connectivity index (χ2v) is 4.24. The monoisotopic (exact) mass is 271 g/mol. The summed E-state index contributed by atoms with van der Waals surface area (Å²) < 4.78 is 10.0. The fourth-order valence-corrected chi connectivity index (χ4v) is 1.78. The lowest BCUT2D eigenvalue weighted by Gasteiger charge is -2.02. The number of fused-ring (bicyclic) bond motifs is 1. The summed E-state index contributed by atoms with van der Waals surface area (Å²) in [6.07, 6.45) is 0. The van der Waals surface area contributed by atoms with E-state index in [1.165, 1.54) is 13.0 Å². The number of hydrogen-bond donors (Lipinski definition) is 1. The molecule has 3 rings (SSSR count). The zero-order valence-corrected chi connectivity index (χ0v) is 10.4. The minimum absolute atomic E-state index is 0.0149. The lowest BCUT2D eigenvalue weighted by atomic mass is 10.2. The van der Waals surface area contributed by atoms with Gasteiger partial charge in [-0.25, -0.2) is 9.59 Å². The van der Waals surface area contributed by atoms with E-state index in [0.717, 1.165) is 0 Å². The number of aromatic nitrogens is 1. The van der Waals surface area contributed by atoms with E-state index in [4.69, 9.17) is 8.83 Å². The van der Waals surface area contributed by atoms with Crippen LogP contribution >= 0.6 is 0 Å². The molecule has 0 aliphatic carbocycles. The molecule has 1 aromatic carbocycles. The third kappa shape index (κ3) is 1.87. The standard InChI is InChI=1S/C14H9NO5/c1-7-11(16)15-12(20-13(7)17)9-6-8-4-2-3-5-10(8)19-14(9)18/h2-6,16H,1H3. The number of rotatable bonds is 1. The van der Waals surface area contributed by atoms with Crippen molar-refractivity contribution in [3.63, 3.8) is 0 Å². The van der Waals surface area contributed by atoms with Gasteiger partial charge in [-0.05, 0) is 19.1 Å². The Hall–Kier alpha value is -2.89. The van der Waals surface area contributed by atoms with Crippen molar-refractivity contribution in [3.8, 4) is 17.3 Å². The van der Waals surface area contributed by atoms with E-state index in [1.54, 1.807) is 24.3 Å². The van der Waals surface area contributed by atoms with Crippen molar-refractivity contribution in [2.75, 3.05) is 0 Å². The highest BCUT2D eigenvalue weighted by Gasteiger charge is 2.15. The second kappa shape index (κ2) is 4.34. The molecule has 2 heterocycles. The van der Waals surface area contributed by atoms with Crippen LogP contribution in [0.2, 0.25) is 0 Å². The SMILES string of the molecule is Cc1c(O)nc(-c2cc3ccccc3oc2=O)oc1=O. The highest BCUT2D eigenvalue weighted by Crippen LogP contribution is 2.20. The predicted molar refractivity (Wildman–Crippen MR) is 70.7 cm³/mol. The first-order valence-corrected chi connectivity index (χ1v) is 5.80. The molecule has 6 nitrogen and oxygen atoms in total. The van der Waals surface area contributed by atoms with E-state index in [1.807, 2.05) is 0 Å². The zero-order chi connectivity index (χ0) is 14.3. The third-order valence-corrected chi connectivity index (χ3v) is 2.91. The Morgan fingerprint density at radius 1 is 1.10 bits per heavy atom. The number of benzene rings is 1. The molecule has 100 valence electrons. The molecule has 0 amide bonds. The van der Waals surface area contributed by atoms with Gasteiger partial charge in [0.1, 0.15) is 11.1 Å². The molecule has 0 saturated heterocycles. The number of para-hydroxylation sites is 1. The summed E-state index contributed by atoms with van der Waals surface area (Å²) in [5.74, 6) is -0.735. The van der Waals surface area contributed by atoms with Gasteiger partial charge < -0.3 is 13.9 Å². The Labute approximate surface area is 111 Å². The Morgan fingerprint density at radius 3 is 2.60 bits per heavy atom. The Morgan fingerprint density at radius 2 is 1.85 bits per heavy atom. The van der Waals surface area contributed by atoms with Gasteiger partial charge in [0.05, 0.1) is 5.56 Å². The largest absolute Gasteiger partial charge is 0.493 e. The van der Waals surface area contributed by atoms with Crippen LogP contribution in [0.4, 0.5) is 0 Å². The smallest absolute Gasteiger partial charge is 0.349 e. The van der Waals surface area contributed by atoms with Gasteiger partial charge >= 0.3 is 11.3 Å². The van der Waals surface area contributed by atoms with Gasteiger partial charge in [-0.1, -0.05) is 18.2 Å². The molecule has 0 aliphatic rings. The minimum Gasteiger partial charge on any atom is -0.493 e. The maximum atomic E-state index is 11.9. The van der Waals surface area contributed by atoms with Crippen molar-refractivity contribution in [1.29, 1.82) is 0 Å². The maximum Gasteiger partial charge on any atom is 0.349 e. The average molecular weight is 271 g/mol. The van der Waals surface area contributed by atoms with Crippen molar-refractivity contribution in [1.82, 2.24) is 4.98 Å². The maximum absolute atomic E-state index is 11.9. The summed E-state index contributed by atoms with van der Waals surface area (Å²) in [6, 6.07) is 8.41. The van der Waals surface area contributed by atoms with Crippen LogP contribution in [0.3, 0.4) is 0 Å². The molecule has 1 N–H and O–H groups in total. The van der Waals surface area contributed by atoms with Crippen LogP contribution < -0.4 is 11.3 Å². The average Bonchev–Trinajstić information content (AvgIpc) is 2.43. The quantitative estimate of drug-likeness (QED) is 0.678. The molecule has 0 unspecified atom stereocenters. The number of aromatic hydroxyl groups is 1. The summed E-state index contributed by atoms with van der Waals surface area (Å²) in [5, 5.41) is 10.2. The summed E-state index contributed by atoms with van der Waals surface area (Å²) in [5.41, 5.74) is -1.06. The van der Waals surface area contributed by atoms with Crippen LogP contribution in [-0.2, 0) is 0 Å². The van der Waals surface area contributed by atoms with Gasteiger partial charge in [0.25, 0.3) is 0 Å². The molecule has 0 atom stereocenters. The fourth-order valence-electron chi connectivity index (χ4n) is 1.78. The van der Waals surface area contributed by atoms with Gasteiger partial charge in [0, 0.05) is 5.39 Å². The fraction of sp³-hybridized carbons (Fsp3) is 0.0714. The summed E-state index contributed by atoms with van der Waals surface area (Å²) in [7, 11) is 0. The molecular formula is C14H9NO5. The molecular weight excluding hydrogens is 262 g/mol. The molecule has 3 aromatic rings. The molecule has 0 saturated carbocycles. The normalized spacial score (nSPS) is 10.8. The molecule has 0 bridgehead atoms. The first kappa shape index (κ1) is 12.2. The van der Waals surface area contributed by atoms with Crippen LogP contribution in [0.5, 0.6) is 5.88 Å². The van der Waals surface area contributed by atoms with Gasteiger partial charge in [-0.15, -0.1) is 0 Å². The summed E-state index contributed by atoms with van der Waals surface area (Å²) in [6.45, 7) is 1.38. The summed E-state index contributed by atoms with van der Waals surface area (Å²) >= 11 is 0. The van der Waals surface area contributed by atoms with E-state index in [9.17, 15) is 14.7 Å². The molecule has 6 heteroatoms. The van der Waals surface area contributed by atoms with Gasteiger partial charge in [0.2, 0.25) is 11.8 Å². The van der Waals surface area contributed by atoms with Crippen LogP contribution in [0.1, 0.15) is 5.56 Å². The highest BCUT2D eigenvalue weighted by molar-refractivity contribution is 5.80. The van der Waals surface area contributed by atoms with Crippen molar-refractivity contribution in [2.45, 2.75) is 6.92 Å². The Kier molecular flexibility index (Phi) is 2.64. The lowest BCUT2D eigenvalue weighted by Crippen LogP contribution is -2.10. The van der Waals surface area contributed by atoms with Crippen LogP contribution in [0.25, 0.3) is 22.4 Å². The second-order valence-electron chi connectivity index (χ2n) is 4.24. The number of nitrogens with zero attached hydrogens (tertiary/aromatic N) is 1. The van der Waals surface area contributed by atoms with E-state index in [2.05, 4.69) is 4.98 Å². The first-order chi connectivity index (χ1) is 9.56. The highest BCUT2D eigenvalue weighted by atomic mass is 16.4. The van der Waals surface area contributed by atoms with Crippen LogP contribution in [-0.4, -0.2) is 10.1 Å².